The molecule has 0 saturated heterocycles. The molecule has 1 aromatic carbocycles. The summed E-state index contributed by atoms with van der Waals surface area (Å²) < 4.78 is 5.21. The Morgan fingerprint density at radius 2 is 1.95 bits per heavy atom. The lowest BCUT2D eigenvalue weighted by Crippen LogP contribution is -2.46. The third kappa shape index (κ3) is 7.60. The number of hydrogen-bond acceptors (Lipinski definition) is 6. The molecule has 3 N–H and O–H groups in total. The van der Waals surface area contributed by atoms with Gasteiger partial charge in [-0.25, -0.2) is 0 Å². The molecule has 2 aliphatic carbocycles. The molecular formula is C31H44N4O4. The molecule has 39 heavy (non-hydrogen) atoms. The Labute approximate surface area is 232 Å². The lowest BCUT2D eigenvalue weighted by atomic mass is 9.79. The number of unbranched alkanes of at least 4 members (excludes halogenated alkanes) is 1. The molecule has 8 nitrogen and oxygen atoms in total. The molecule has 0 bridgehead atoms. The maximum absolute atomic E-state index is 13.2. The maximum atomic E-state index is 13.2. The van der Waals surface area contributed by atoms with E-state index in [0.29, 0.717) is 36.7 Å². The molecule has 3 aliphatic rings. The van der Waals surface area contributed by atoms with E-state index in [9.17, 15) is 19.6 Å². The van der Waals surface area contributed by atoms with Gasteiger partial charge in [-0.1, -0.05) is 38.3 Å². The minimum Gasteiger partial charge on any atom is -0.466 e. The first-order valence-electron chi connectivity index (χ1n) is 14.9. The van der Waals surface area contributed by atoms with E-state index in [0.717, 1.165) is 50.5 Å². The van der Waals surface area contributed by atoms with E-state index in [1.165, 1.54) is 36.1 Å². The number of nitrogens with two attached hydrogens (primary N) is 1. The zero-order valence-electron chi connectivity index (χ0n) is 23.3. The molecule has 1 aromatic rings. The van der Waals surface area contributed by atoms with E-state index < -0.39 is 11.9 Å². The fraction of sp³-hybridized carbons (Fsp3) is 0.677. The van der Waals surface area contributed by atoms with Gasteiger partial charge in [0.25, 0.3) is 5.91 Å². The highest BCUT2D eigenvalue weighted by Crippen LogP contribution is 2.33. The van der Waals surface area contributed by atoms with Crippen LogP contribution in [0.3, 0.4) is 0 Å². The molecule has 0 radical (unpaired) electrons. The second kappa shape index (κ2) is 13.9. The van der Waals surface area contributed by atoms with Crippen LogP contribution >= 0.6 is 0 Å². The number of nitriles is 1. The van der Waals surface area contributed by atoms with Crippen molar-refractivity contribution in [1.82, 2.24) is 10.2 Å². The zero-order valence-corrected chi connectivity index (χ0v) is 23.3. The Morgan fingerprint density at radius 3 is 2.67 bits per heavy atom. The third-order valence-electron chi connectivity index (χ3n) is 8.86. The summed E-state index contributed by atoms with van der Waals surface area (Å²) in [5.41, 5.74) is 8.42. The van der Waals surface area contributed by atoms with Gasteiger partial charge in [0.2, 0.25) is 5.91 Å². The molecule has 2 saturated carbocycles. The fourth-order valence-electron chi connectivity index (χ4n) is 6.55. The van der Waals surface area contributed by atoms with Gasteiger partial charge in [-0.2, -0.15) is 5.26 Å². The van der Waals surface area contributed by atoms with E-state index in [1.807, 2.05) is 19.1 Å². The van der Waals surface area contributed by atoms with Gasteiger partial charge in [-0.05, 0) is 80.9 Å². The van der Waals surface area contributed by atoms with Gasteiger partial charge in [-0.3, -0.25) is 14.4 Å². The second-order valence-electron chi connectivity index (χ2n) is 11.7. The number of carbonyl (C=O) groups excluding carboxylic acids is 3. The summed E-state index contributed by atoms with van der Waals surface area (Å²) in [6, 6.07) is 8.63. The Balaban J connectivity index is 1.36. The Kier molecular flexibility index (Phi) is 10.4. The Bertz CT molecular complexity index is 1060. The average molecular weight is 537 g/mol. The first-order valence-corrected chi connectivity index (χ1v) is 14.9. The lowest BCUT2D eigenvalue weighted by molar-refractivity contribution is -0.144. The summed E-state index contributed by atoms with van der Waals surface area (Å²) in [5, 5.41) is 13.2. The highest BCUT2D eigenvalue weighted by molar-refractivity contribution is 6.01. The van der Waals surface area contributed by atoms with Gasteiger partial charge >= 0.3 is 5.97 Å². The molecule has 0 spiro atoms. The van der Waals surface area contributed by atoms with Crippen LogP contribution in [0, 0.1) is 23.2 Å². The van der Waals surface area contributed by atoms with Crippen LogP contribution in [0.25, 0.3) is 0 Å². The van der Waals surface area contributed by atoms with Crippen LogP contribution in [-0.4, -0.2) is 47.4 Å². The molecule has 1 heterocycles. The summed E-state index contributed by atoms with van der Waals surface area (Å²) in [5.74, 6) is -0.416. The molecule has 0 unspecified atom stereocenters. The molecule has 1 aliphatic heterocycles. The maximum Gasteiger partial charge on any atom is 0.305 e. The molecule has 212 valence electrons. The van der Waals surface area contributed by atoms with Crippen molar-refractivity contribution in [3.05, 3.63) is 34.9 Å². The number of primary amides is 1. The monoisotopic (exact) mass is 536 g/mol. The van der Waals surface area contributed by atoms with E-state index in [2.05, 4.69) is 17.5 Å². The fourth-order valence-corrected chi connectivity index (χ4v) is 6.55. The predicted molar refractivity (Wildman–Crippen MR) is 148 cm³/mol. The number of fused-ring (bicyclic) bond motifs is 1. The van der Waals surface area contributed by atoms with E-state index in [4.69, 9.17) is 10.5 Å². The Morgan fingerprint density at radius 1 is 1.18 bits per heavy atom. The van der Waals surface area contributed by atoms with Crippen molar-refractivity contribution in [2.75, 3.05) is 6.61 Å². The minimum atomic E-state index is -0.838. The predicted octanol–water partition coefficient (Wildman–Crippen LogP) is 4.39. The summed E-state index contributed by atoms with van der Waals surface area (Å²) in [4.78, 5) is 39.1. The van der Waals surface area contributed by atoms with Crippen LogP contribution < -0.4 is 11.1 Å². The van der Waals surface area contributed by atoms with Crippen LogP contribution in [0.5, 0.6) is 0 Å². The third-order valence-corrected chi connectivity index (χ3v) is 8.86. The van der Waals surface area contributed by atoms with Crippen LogP contribution in [0.15, 0.2) is 18.2 Å². The summed E-state index contributed by atoms with van der Waals surface area (Å²) in [6.45, 7) is 2.72. The number of nitrogens with one attached hydrogen (secondary N) is 1. The largest absolute Gasteiger partial charge is 0.466 e. The van der Waals surface area contributed by atoms with Crippen molar-refractivity contribution in [3.63, 3.8) is 0 Å². The average Bonchev–Trinajstić information content (AvgIpc) is 3.25. The highest BCUT2D eigenvalue weighted by atomic mass is 16.5. The quantitative estimate of drug-likeness (QED) is 0.301. The SMILES string of the molecule is CCCCOC(=O)CC[C@@H](C(N)=O)N1Cc2cc(C[C@H]3CCCC[C@@H]3NC3CCC(C#N)CC3)ccc2C1=O. The van der Waals surface area contributed by atoms with Gasteiger partial charge in [0, 0.05) is 36.5 Å². The van der Waals surface area contributed by atoms with Crippen molar-refractivity contribution in [1.29, 1.82) is 5.26 Å². The van der Waals surface area contributed by atoms with Crippen molar-refractivity contribution in [2.45, 2.75) is 115 Å². The number of nitrogens with zero attached hydrogens (tertiary/aromatic N) is 2. The summed E-state index contributed by atoms with van der Waals surface area (Å²) in [6.07, 6.45) is 11.9. The van der Waals surface area contributed by atoms with Crippen molar-refractivity contribution in [3.8, 4) is 6.07 Å². The van der Waals surface area contributed by atoms with E-state index in [-0.39, 0.29) is 30.6 Å². The molecule has 8 heteroatoms. The van der Waals surface area contributed by atoms with Crippen LogP contribution in [-0.2, 0) is 27.3 Å². The molecule has 4 rings (SSSR count). The van der Waals surface area contributed by atoms with Crippen molar-refractivity contribution < 1.29 is 19.1 Å². The van der Waals surface area contributed by atoms with Gasteiger partial charge < -0.3 is 20.7 Å². The number of benzene rings is 1. The summed E-state index contributed by atoms with van der Waals surface area (Å²) >= 11 is 0. The molecule has 0 aromatic heterocycles. The van der Waals surface area contributed by atoms with Gasteiger partial charge in [0.1, 0.15) is 6.04 Å². The number of carbonyl (C=O) groups is 3. The number of rotatable bonds is 12. The Hall–Kier alpha value is -2.92. The number of esters is 1. The summed E-state index contributed by atoms with van der Waals surface area (Å²) in [7, 11) is 0. The molecule has 2 amide bonds. The van der Waals surface area contributed by atoms with Crippen LogP contribution in [0.2, 0.25) is 0 Å². The van der Waals surface area contributed by atoms with E-state index >= 15 is 0 Å². The molecule has 2 fully saturated rings. The standard InChI is InChI=1S/C31H44N4O4/c1-2-3-16-39-29(36)15-14-28(30(33)37)35-20-24-18-22(10-13-26(24)31(35)38)17-23-6-4-5-7-27(23)34-25-11-8-21(19-32)9-12-25/h10,13,18,21,23,25,27-28,34H,2-9,11-12,14-17,20H2,1H3,(H2,33,37)/t21?,23-,25?,27+,28+/m1/s1. The first kappa shape index (κ1) is 29.1. The minimum absolute atomic E-state index is 0.0525. The smallest absolute Gasteiger partial charge is 0.305 e. The number of amides is 2. The zero-order chi connectivity index (χ0) is 27.8. The topological polar surface area (TPSA) is 126 Å². The number of ether oxygens (including phenoxy) is 1. The van der Waals surface area contributed by atoms with Crippen LogP contribution in [0.1, 0.15) is 105 Å². The molecule has 3 atom stereocenters. The second-order valence-corrected chi connectivity index (χ2v) is 11.7. The van der Waals surface area contributed by atoms with E-state index in [1.54, 1.807) is 0 Å². The van der Waals surface area contributed by atoms with Gasteiger partial charge in [-0.15, -0.1) is 0 Å². The van der Waals surface area contributed by atoms with Crippen LogP contribution in [0.4, 0.5) is 0 Å². The van der Waals surface area contributed by atoms with Gasteiger partial charge in [0.15, 0.2) is 0 Å². The van der Waals surface area contributed by atoms with Crippen molar-refractivity contribution in [2.24, 2.45) is 17.6 Å². The highest BCUT2D eigenvalue weighted by Gasteiger charge is 2.36. The normalized spacial score (nSPS) is 25.5. The van der Waals surface area contributed by atoms with Gasteiger partial charge in [0.05, 0.1) is 12.7 Å². The first-order chi connectivity index (χ1) is 18.9. The number of hydrogen-bond donors (Lipinski definition) is 2. The lowest BCUT2D eigenvalue weighted by Gasteiger charge is -2.37. The molecular weight excluding hydrogens is 492 g/mol. The van der Waals surface area contributed by atoms with Crippen molar-refractivity contribution >= 4 is 17.8 Å².